The molecule has 0 spiro atoms. The van der Waals surface area contributed by atoms with Crippen molar-refractivity contribution in [2.45, 2.75) is 51.5 Å². The Morgan fingerprint density at radius 3 is 2.19 bits per heavy atom. The number of amides is 2. The van der Waals surface area contributed by atoms with Gasteiger partial charge in [-0.3, -0.25) is 9.59 Å². The normalized spacial score (nSPS) is 31.0. The highest BCUT2D eigenvalue weighted by molar-refractivity contribution is 6.30. The summed E-state index contributed by atoms with van der Waals surface area (Å²) in [6, 6.07) is 7.47. The van der Waals surface area contributed by atoms with Crippen molar-refractivity contribution < 1.29 is 9.59 Å². The van der Waals surface area contributed by atoms with Gasteiger partial charge in [-0.1, -0.05) is 23.7 Å². The molecule has 4 nitrogen and oxygen atoms in total. The van der Waals surface area contributed by atoms with Gasteiger partial charge in [-0.15, -0.1) is 0 Å². The minimum atomic E-state index is -0.0659. The monoisotopic (exact) mass is 388 g/mol. The number of nitrogens with zero attached hydrogens (tertiary/aromatic N) is 1. The molecule has 2 amide bonds. The van der Waals surface area contributed by atoms with E-state index in [0.29, 0.717) is 18.0 Å². The van der Waals surface area contributed by atoms with Crippen molar-refractivity contribution in [3.05, 3.63) is 34.9 Å². The average molecular weight is 389 g/mol. The van der Waals surface area contributed by atoms with E-state index in [0.717, 1.165) is 23.3 Å². The fraction of sp³-hybridized carbons (Fsp3) is 0.636. The number of rotatable bonds is 6. The quantitative estimate of drug-likeness (QED) is 0.800. The second kappa shape index (κ2) is 7.46. The lowest BCUT2D eigenvalue weighted by molar-refractivity contribution is -0.135. The molecule has 4 aliphatic rings. The summed E-state index contributed by atoms with van der Waals surface area (Å²) in [7, 11) is 1.77. The van der Waals surface area contributed by atoms with Crippen LogP contribution in [0.3, 0.4) is 0 Å². The van der Waals surface area contributed by atoms with Crippen LogP contribution in [0.2, 0.25) is 5.02 Å². The van der Waals surface area contributed by atoms with Crippen LogP contribution in [0.1, 0.15) is 50.5 Å². The van der Waals surface area contributed by atoms with Gasteiger partial charge >= 0.3 is 0 Å². The first-order chi connectivity index (χ1) is 12.9. The van der Waals surface area contributed by atoms with Gasteiger partial charge in [-0.25, -0.2) is 0 Å². The highest BCUT2D eigenvalue weighted by Crippen LogP contribution is 2.61. The van der Waals surface area contributed by atoms with Crippen LogP contribution in [0.25, 0.3) is 0 Å². The molecule has 4 aliphatic carbocycles. The maximum Gasteiger partial charge on any atom is 0.242 e. The predicted molar refractivity (Wildman–Crippen MR) is 106 cm³/mol. The minimum absolute atomic E-state index is 0.0465. The van der Waals surface area contributed by atoms with Crippen LogP contribution in [-0.2, 0) is 16.1 Å². The summed E-state index contributed by atoms with van der Waals surface area (Å²) in [5.74, 6) is 2.51. The average Bonchev–Trinajstić information content (AvgIpc) is 2.60. The molecule has 1 N–H and O–H groups in total. The van der Waals surface area contributed by atoms with Gasteiger partial charge in [-0.05, 0) is 79.4 Å². The van der Waals surface area contributed by atoms with E-state index >= 15 is 0 Å². The van der Waals surface area contributed by atoms with Crippen molar-refractivity contribution >= 4 is 23.4 Å². The number of carbonyl (C=O) groups is 2. The Kier molecular flexibility index (Phi) is 5.19. The van der Waals surface area contributed by atoms with Gasteiger partial charge < -0.3 is 10.2 Å². The number of carbonyl (C=O) groups excluding carboxylic acids is 2. The van der Waals surface area contributed by atoms with Gasteiger partial charge in [0, 0.05) is 25.0 Å². The third-order valence-corrected chi connectivity index (χ3v) is 7.15. The molecule has 5 heteroatoms. The van der Waals surface area contributed by atoms with E-state index in [1.54, 1.807) is 11.9 Å². The molecule has 0 atom stereocenters. The first-order valence-electron chi connectivity index (χ1n) is 10.2. The summed E-state index contributed by atoms with van der Waals surface area (Å²) in [6.07, 6.45) is 8.41. The number of halogens is 1. The van der Waals surface area contributed by atoms with Crippen LogP contribution in [0.4, 0.5) is 0 Å². The Morgan fingerprint density at radius 2 is 1.63 bits per heavy atom. The maximum absolute atomic E-state index is 12.6. The van der Waals surface area contributed by atoms with E-state index in [4.69, 9.17) is 11.6 Å². The SMILES string of the molecule is CN(Cc1ccc(Cl)cc1)C(=O)CNC(=O)CC12CC3CC(CC(C3)C1)C2. The lowest BCUT2D eigenvalue weighted by Gasteiger charge is -2.56. The second-order valence-electron chi connectivity index (χ2n) is 9.25. The largest absolute Gasteiger partial charge is 0.347 e. The van der Waals surface area contributed by atoms with Gasteiger partial charge in [0.05, 0.1) is 6.54 Å². The Labute approximate surface area is 166 Å². The summed E-state index contributed by atoms with van der Waals surface area (Å²) in [5, 5.41) is 3.57. The first kappa shape index (κ1) is 18.8. The van der Waals surface area contributed by atoms with Crippen molar-refractivity contribution in [1.82, 2.24) is 10.2 Å². The fourth-order valence-corrected chi connectivity index (χ4v) is 6.30. The van der Waals surface area contributed by atoms with Crippen molar-refractivity contribution in [3.8, 4) is 0 Å². The molecule has 0 unspecified atom stereocenters. The third kappa shape index (κ3) is 4.31. The van der Waals surface area contributed by atoms with Gasteiger partial charge in [0.25, 0.3) is 0 Å². The van der Waals surface area contributed by atoms with Crippen molar-refractivity contribution in [1.29, 1.82) is 0 Å². The molecule has 0 heterocycles. The molecule has 0 aromatic heterocycles. The Morgan fingerprint density at radius 1 is 1.07 bits per heavy atom. The molecule has 1 aromatic rings. The number of hydrogen-bond donors (Lipinski definition) is 1. The zero-order valence-corrected chi connectivity index (χ0v) is 16.8. The molecule has 27 heavy (non-hydrogen) atoms. The van der Waals surface area contributed by atoms with Gasteiger partial charge in [0.15, 0.2) is 0 Å². The summed E-state index contributed by atoms with van der Waals surface area (Å²) in [4.78, 5) is 26.6. The Hall–Kier alpha value is -1.55. The topological polar surface area (TPSA) is 49.4 Å². The maximum atomic E-state index is 12.6. The van der Waals surface area contributed by atoms with Crippen molar-refractivity contribution in [2.75, 3.05) is 13.6 Å². The third-order valence-electron chi connectivity index (χ3n) is 6.90. The van der Waals surface area contributed by atoms with Gasteiger partial charge in [0.2, 0.25) is 11.8 Å². The molecule has 5 rings (SSSR count). The Balaban J connectivity index is 1.25. The highest BCUT2D eigenvalue weighted by atomic mass is 35.5. The van der Waals surface area contributed by atoms with E-state index in [9.17, 15) is 9.59 Å². The van der Waals surface area contributed by atoms with E-state index < -0.39 is 0 Å². The van der Waals surface area contributed by atoms with Crippen LogP contribution in [-0.4, -0.2) is 30.3 Å². The van der Waals surface area contributed by atoms with E-state index in [1.165, 1.54) is 38.5 Å². The highest BCUT2D eigenvalue weighted by Gasteiger charge is 2.51. The summed E-state index contributed by atoms with van der Waals surface area (Å²) in [5.41, 5.74) is 1.24. The van der Waals surface area contributed by atoms with Crippen molar-refractivity contribution in [2.24, 2.45) is 23.2 Å². The summed E-state index contributed by atoms with van der Waals surface area (Å²) in [6.45, 7) is 0.593. The van der Waals surface area contributed by atoms with E-state index in [1.807, 2.05) is 24.3 Å². The number of hydrogen-bond acceptors (Lipinski definition) is 2. The molecular formula is C22H29ClN2O2. The molecule has 146 valence electrons. The van der Waals surface area contributed by atoms with Crippen LogP contribution in [0.5, 0.6) is 0 Å². The molecule has 0 radical (unpaired) electrons. The van der Waals surface area contributed by atoms with Crippen LogP contribution < -0.4 is 5.32 Å². The molecule has 0 saturated heterocycles. The molecular weight excluding hydrogens is 360 g/mol. The van der Waals surface area contributed by atoms with Crippen LogP contribution in [0, 0.1) is 23.2 Å². The molecule has 1 aromatic carbocycles. The van der Waals surface area contributed by atoms with Crippen molar-refractivity contribution in [3.63, 3.8) is 0 Å². The van der Waals surface area contributed by atoms with Gasteiger partial charge in [0.1, 0.15) is 0 Å². The van der Waals surface area contributed by atoms with Crippen LogP contribution >= 0.6 is 11.6 Å². The molecule has 4 bridgehead atoms. The smallest absolute Gasteiger partial charge is 0.242 e. The lowest BCUT2D eigenvalue weighted by Crippen LogP contribution is -2.48. The molecule has 4 saturated carbocycles. The van der Waals surface area contributed by atoms with Gasteiger partial charge in [-0.2, -0.15) is 0 Å². The first-order valence-corrected chi connectivity index (χ1v) is 10.5. The standard InChI is InChI=1S/C22H29ClN2O2/c1-25(14-15-2-4-19(23)5-3-15)21(27)13-24-20(26)12-22-9-16-6-17(10-22)8-18(7-16)11-22/h2-5,16-18H,6-14H2,1H3,(H,24,26). The second-order valence-corrected chi connectivity index (χ2v) is 9.68. The molecule has 4 fully saturated rings. The minimum Gasteiger partial charge on any atom is -0.347 e. The number of benzene rings is 1. The number of nitrogens with one attached hydrogen (secondary N) is 1. The molecule has 0 aliphatic heterocycles. The Bertz CT molecular complexity index is 680. The lowest BCUT2D eigenvalue weighted by atomic mass is 9.49. The fourth-order valence-electron chi connectivity index (χ4n) is 6.17. The number of likely N-dealkylation sites (N-methyl/N-ethyl adjacent to an activating group) is 1. The predicted octanol–water partition coefficient (Wildman–Crippen LogP) is 4.02. The zero-order valence-electron chi connectivity index (χ0n) is 16.0. The zero-order chi connectivity index (χ0) is 19.0. The van der Waals surface area contributed by atoms with E-state index in [2.05, 4.69) is 5.32 Å². The van der Waals surface area contributed by atoms with Crippen LogP contribution in [0.15, 0.2) is 24.3 Å². The van der Waals surface area contributed by atoms with E-state index in [-0.39, 0.29) is 23.8 Å². The summed E-state index contributed by atoms with van der Waals surface area (Å²) >= 11 is 5.90. The summed E-state index contributed by atoms with van der Waals surface area (Å²) < 4.78 is 0.